The number of halogens is 2. The number of piperidine rings is 1. The Morgan fingerprint density at radius 3 is 2.39 bits per heavy atom. The summed E-state index contributed by atoms with van der Waals surface area (Å²) >= 11 is 0. The number of nitrogens with zero attached hydrogens (tertiary/aromatic N) is 1. The summed E-state index contributed by atoms with van der Waals surface area (Å²) in [6.45, 7) is 4.93. The van der Waals surface area contributed by atoms with Gasteiger partial charge in [-0.05, 0) is 44.8 Å². The van der Waals surface area contributed by atoms with Crippen LogP contribution >= 0.6 is 24.8 Å². The van der Waals surface area contributed by atoms with Gasteiger partial charge in [-0.15, -0.1) is 24.8 Å². The van der Waals surface area contributed by atoms with Gasteiger partial charge in [-0.1, -0.05) is 30.3 Å². The first-order chi connectivity index (χ1) is 12.3. The Labute approximate surface area is 180 Å². The molecule has 0 radical (unpaired) electrons. The van der Waals surface area contributed by atoms with Crippen LogP contribution in [0.25, 0.3) is 0 Å². The van der Waals surface area contributed by atoms with E-state index >= 15 is 0 Å². The second-order valence-electron chi connectivity index (χ2n) is 7.56. The number of rotatable bonds is 5. The highest BCUT2D eigenvalue weighted by Gasteiger charge is 2.49. The molecule has 1 aromatic carbocycles. The van der Waals surface area contributed by atoms with Crippen LogP contribution in [0.3, 0.4) is 0 Å². The molecule has 6 nitrogen and oxygen atoms in total. The lowest BCUT2D eigenvalue weighted by atomic mass is 9.95. The summed E-state index contributed by atoms with van der Waals surface area (Å²) in [4.78, 5) is 15.3. The third-order valence-corrected chi connectivity index (χ3v) is 7.93. The SMILES string of the molecule is CC(c1ccccc1)N1CCC(NC(=O)C2(S(C)(=O)=O)CCNCC2)C1.Cl.Cl. The van der Waals surface area contributed by atoms with Crippen LogP contribution in [0, 0.1) is 0 Å². The van der Waals surface area contributed by atoms with Crippen molar-refractivity contribution in [3.05, 3.63) is 35.9 Å². The molecular formula is C19H31Cl2N3O3S. The molecule has 28 heavy (non-hydrogen) atoms. The molecule has 1 aromatic rings. The molecule has 2 aliphatic heterocycles. The van der Waals surface area contributed by atoms with E-state index in [1.807, 2.05) is 18.2 Å². The minimum Gasteiger partial charge on any atom is -0.351 e. The number of nitrogens with one attached hydrogen (secondary N) is 2. The van der Waals surface area contributed by atoms with Gasteiger partial charge in [-0.25, -0.2) is 8.42 Å². The Hall–Kier alpha value is -0.860. The van der Waals surface area contributed by atoms with Gasteiger partial charge in [0.2, 0.25) is 5.91 Å². The van der Waals surface area contributed by atoms with Crippen molar-refractivity contribution in [2.45, 2.75) is 43.0 Å². The first-order valence-electron chi connectivity index (χ1n) is 9.34. The van der Waals surface area contributed by atoms with E-state index in [-0.39, 0.29) is 42.8 Å². The molecule has 0 bridgehead atoms. The molecule has 0 aliphatic carbocycles. The van der Waals surface area contributed by atoms with Crippen molar-refractivity contribution < 1.29 is 13.2 Å². The first-order valence-corrected chi connectivity index (χ1v) is 11.2. The normalized spacial score (nSPS) is 23.1. The second kappa shape index (κ2) is 10.3. The molecule has 2 atom stereocenters. The average molecular weight is 452 g/mol. The van der Waals surface area contributed by atoms with Crippen molar-refractivity contribution in [2.75, 3.05) is 32.4 Å². The molecule has 1 amide bonds. The minimum absolute atomic E-state index is 0. The van der Waals surface area contributed by atoms with E-state index in [2.05, 4.69) is 34.6 Å². The summed E-state index contributed by atoms with van der Waals surface area (Å²) in [6, 6.07) is 10.6. The monoisotopic (exact) mass is 451 g/mol. The van der Waals surface area contributed by atoms with E-state index in [4.69, 9.17) is 0 Å². The van der Waals surface area contributed by atoms with Crippen LogP contribution in [0.4, 0.5) is 0 Å². The fourth-order valence-electron chi connectivity index (χ4n) is 4.11. The number of carbonyl (C=O) groups excluding carboxylic acids is 1. The number of amides is 1. The number of hydrogen-bond acceptors (Lipinski definition) is 5. The van der Waals surface area contributed by atoms with Gasteiger partial charge < -0.3 is 10.6 Å². The maximum absolute atomic E-state index is 12.9. The molecule has 0 aromatic heterocycles. The fourth-order valence-corrected chi connectivity index (χ4v) is 5.45. The second-order valence-corrected chi connectivity index (χ2v) is 9.88. The van der Waals surface area contributed by atoms with E-state index in [9.17, 15) is 13.2 Å². The maximum atomic E-state index is 12.9. The summed E-state index contributed by atoms with van der Waals surface area (Å²) in [5.41, 5.74) is 1.26. The molecule has 9 heteroatoms. The fraction of sp³-hybridized carbons (Fsp3) is 0.632. The van der Waals surface area contributed by atoms with Crippen molar-refractivity contribution in [2.24, 2.45) is 0 Å². The number of likely N-dealkylation sites (tertiary alicyclic amines) is 1. The molecule has 2 N–H and O–H groups in total. The van der Waals surface area contributed by atoms with Gasteiger partial charge in [0.05, 0.1) is 0 Å². The molecule has 0 spiro atoms. The zero-order valence-electron chi connectivity index (χ0n) is 16.4. The van der Waals surface area contributed by atoms with Crippen molar-refractivity contribution in [3.8, 4) is 0 Å². The van der Waals surface area contributed by atoms with Crippen LogP contribution in [-0.2, 0) is 14.6 Å². The third-order valence-electron chi connectivity index (χ3n) is 5.92. The summed E-state index contributed by atoms with van der Waals surface area (Å²) in [7, 11) is -3.47. The Bertz CT molecular complexity index is 740. The highest BCUT2D eigenvalue weighted by atomic mass is 35.5. The van der Waals surface area contributed by atoms with E-state index < -0.39 is 14.6 Å². The molecule has 160 valence electrons. The standard InChI is InChI=1S/C19H29N3O3S.2ClH/c1-15(16-6-4-3-5-7-16)22-13-8-17(14-22)21-18(23)19(26(2,24)25)9-11-20-12-10-19;;/h3-7,15,17,20H,8-14H2,1-2H3,(H,21,23);2*1H. The quantitative estimate of drug-likeness (QED) is 0.714. The zero-order chi connectivity index (χ0) is 18.8. The Morgan fingerprint density at radius 1 is 1.21 bits per heavy atom. The average Bonchev–Trinajstić information content (AvgIpc) is 3.10. The smallest absolute Gasteiger partial charge is 0.241 e. The number of hydrogen-bond donors (Lipinski definition) is 2. The zero-order valence-corrected chi connectivity index (χ0v) is 18.8. The highest BCUT2D eigenvalue weighted by molar-refractivity contribution is 7.92. The first kappa shape index (κ1) is 25.2. The van der Waals surface area contributed by atoms with Crippen molar-refractivity contribution in [1.82, 2.24) is 15.5 Å². The minimum atomic E-state index is -3.47. The van der Waals surface area contributed by atoms with Gasteiger partial charge in [-0.2, -0.15) is 0 Å². The van der Waals surface area contributed by atoms with Crippen LogP contribution < -0.4 is 10.6 Å². The van der Waals surface area contributed by atoms with Crippen LogP contribution in [0.15, 0.2) is 30.3 Å². The summed E-state index contributed by atoms with van der Waals surface area (Å²) in [5.74, 6) is -0.319. The van der Waals surface area contributed by atoms with Gasteiger partial charge in [-0.3, -0.25) is 9.69 Å². The van der Waals surface area contributed by atoms with Crippen molar-refractivity contribution in [3.63, 3.8) is 0 Å². The van der Waals surface area contributed by atoms with E-state index in [1.165, 1.54) is 11.8 Å². The molecule has 0 saturated carbocycles. The molecule has 2 aliphatic rings. The van der Waals surface area contributed by atoms with Crippen LogP contribution in [0.5, 0.6) is 0 Å². The van der Waals surface area contributed by atoms with Gasteiger partial charge in [0, 0.05) is 31.4 Å². The van der Waals surface area contributed by atoms with E-state index in [0.717, 1.165) is 19.5 Å². The molecule has 2 saturated heterocycles. The van der Waals surface area contributed by atoms with E-state index in [0.29, 0.717) is 25.9 Å². The molecule has 2 heterocycles. The summed E-state index contributed by atoms with van der Waals surface area (Å²) < 4.78 is 23.5. The Kier molecular flexibility index (Phi) is 9.22. The largest absolute Gasteiger partial charge is 0.351 e. The maximum Gasteiger partial charge on any atom is 0.241 e. The number of sulfone groups is 1. The predicted molar refractivity (Wildman–Crippen MR) is 117 cm³/mol. The molecule has 2 unspecified atom stereocenters. The third kappa shape index (κ3) is 5.19. The van der Waals surface area contributed by atoms with Crippen LogP contribution in [0.1, 0.15) is 37.8 Å². The van der Waals surface area contributed by atoms with Crippen molar-refractivity contribution >= 4 is 40.6 Å². The Balaban J connectivity index is 0.00000196. The van der Waals surface area contributed by atoms with Gasteiger partial charge >= 0.3 is 0 Å². The van der Waals surface area contributed by atoms with Crippen molar-refractivity contribution in [1.29, 1.82) is 0 Å². The molecule has 2 fully saturated rings. The van der Waals surface area contributed by atoms with Gasteiger partial charge in [0.15, 0.2) is 14.6 Å². The lowest BCUT2D eigenvalue weighted by Crippen LogP contribution is -2.59. The van der Waals surface area contributed by atoms with Gasteiger partial charge in [0.1, 0.15) is 0 Å². The number of carbonyl (C=O) groups is 1. The number of benzene rings is 1. The topological polar surface area (TPSA) is 78.5 Å². The lowest BCUT2D eigenvalue weighted by molar-refractivity contribution is -0.125. The van der Waals surface area contributed by atoms with E-state index in [1.54, 1.807) is 0 Å². The Morgan fingerprint density at radius 2 is 1.82 bits per heavy atom. The van der Waals surface area contributed by atoms with Crippen LogP contribution in [-0.4, -0.2) is 62.4 Å². The summed E-state index contributed by atoms with van der Waals surface area (Å²) in [6.07, 6.45) is 2.72. The molecular weight excluding hydrogens is 421 g/mol. The lowest BCUT2D eigenvalue weighted by Gasteiger charge is -2.35. The molecule has 3 rings (SSSR count). The predicted octanol–water partition coefficient (Wildman–Crippen LogP) is 1.95. The summed E-state index contributed by atoms with van der Waals surface area (Å²) in [5, 5.41) is 6.19. The van der Waals surface area contributed by atoms with Crippen LogP contribution in [0.2, 0.25) is 0 Å². The highest BCUT2D eigenvalue weighted by Crippen LogP contribution is 2.29. The van der Waals surface area contributed by atoms with Gasteiger partial charge in [0.25, 0.3) is 0 Å².